The first-order valence-corrected chi connectivity index (χ1v) is 20.5. The van der Waals surface area contributed by atoms with Crippen molar-refractivity contribution < 1.29 is 27.9 Å². The second kappa shape index (κ2) is 19.0. The Morgan fingerprint density at radius 2 is 0.982 bits per heavy atom. The number of hydrogen-bond donors (Lipinski definition) is 2. The van der Waals surface area contributed by atoms with E-state index in [1.807, 2.05) is 159 Å². The molecule has 1 unspecified atom stereocenters. The lowest BCUT2D eigenvalue weighted by Crippen LogP contribution is -2.48. The smallest absolute Gasteiger partial charge is 0.445 e. The molecule has 56 heavy (non-hydrogen) atoms. The summed E-state index contributed by atoms with van der Waals surface area (Å²) >= 11 is 0. The molecule has 9 heteroatoms. The highest BCUT2D eigenvalue weighted by Gasteiger charge is 2.43. The third-order valence-corrected chi connectivity index (χ3v) is 11.7. The van der Waals surface area contributed by atoms with Crippen LogP contribution < -0.4 is 19.7 Å². The number of carbonyl (C=O) groups excluding carboxylic acids is 2. The van der Waals surface area contributed by atoms with E-state index < -0.39 is 25.0 Å². The highest BCUT2D eigenvalue weighted by Crippen LogP contribution is 2.53. The van der Waals surface area contributed by atoms with Crippen molar-refractivity contribution >= 4 is 19.6 Å². The van der Waals surface area contributed by atoms with Gasteiger partial charge in [0.15, 0.2) is 5.78 Å². The minimum atomic E-state index is -4.34. The first-order chi connectivity index (χ1) is 27.3. The van der Waals surface area contributed by atoms with E-state index in [-0.39, 0.29) is 25.4 Å². The largest absolute Gasteiger partial charge is 0.453 e. The third-order valence-electron chi connectivity index (χ3n) is 9.60. The molecule has 0 radical (unpaired) electrons. The zero-order valence-corrected chi connectivity index (χ0v) is 32.6. The van der Waals surface area contributed by atoms with Gasteiger partial charge >= 0.3 is 13.7 Å². The molecule has 0 fully saturated rings. The molecule has 0 saturated carbocycles. The molecule has 0 heterocycles. The van der Waals surface area contributed by atoms with Crippen molar-refractivity contribution in [2.75, 3.05) is 0 Å². The van der Waals surface area contributed by atoms with Gasteiger partial charge in [-0.1, -0.05) is 159 Å². The molecule has 2 amide bonds. The van der Waals surface area contributed by atoms with Gasteiger partial charge in [0.05, 0.1) is 0 Å². The lowest BCUT2D eigenvalue weighted by molar-refractivity contribution is -0.122. The molecule has 0 saturated heterocycles. The number of carbonyl (C=O) groups is 2. The predicted molar refractivity (Wildman–Crippen MR) is 221 cm³/mol. The van der Waals surface area contributed by atoms with Crippen molar-refractivity contribution in [2.24, 2.45) is 0 Å². The Balaban J connectivity index is 1.35. The maximum Gasteiger partial charge on any atom is 0.453 e. The fourth-order valence-electron chi connectivity index (χ4n) is 6.54. The van der Waals surface area contributed by atoms with Crippen LogP contribution in [0.5, 0.6) is 11.5 Å². The van der Waals surface area contributed by atoms with Crippen LogP contribution in [-0.2, 0) is 39.1 Å². The Morgan fingerprint density at radius 3 is 1.39 bits per heavy atom. The molecule has 0 aromatic heterocycles. The summed E-state index contributed by atoms with van der Waals surface area (Å²) in [7, 11) is -4.34. The first kappa shape index (κ1) is 39.6. The van der Waals surface area contributed by atoms with Crippen LogP contribution in [0.3, 0.4) is 0 Å². The summed E-state index contributed by atoms with van der Waals surface area (Å²) in [5, 5.41) is 6.13. The molecule has 0 aliphatic carbocycles. The zero-order chi connectivity index (χ0) is 39.2. The van der Waals surface area contributed by atoms with Crippen molar-refractivity contribution in [3.63, 3.8) is 0 Å². The lowest BCUT2D eigenvalue weighted by Gasteiger charge is -2.37. The number of hydrogen-bond acceptors (Lipinski definition) is 6. The van der Waals surface area contributed by atoms with Crippen molar-refractivity contribution in [1.29, 1.82) is 0 Å². The fourth-order valence-corrected chi connectivity index (χ4v) is 8.37. The van der Waals surface area contributed by atoms with Crippen molar-refractivity contribution in [2.45, 2.75) is 57.5 Å². The van der Waals surface area contributed by atoms with Gasteiger partial charge in [-0.2, -0.15) is 0 Å². The van der Waals surface area contributed by atoms with Gasteiger partial charge in [-0.15, -0.1) is 0 Å². The van der Waals surface area contributed by atoms with Gasteiger partial charge in [-0.3, -0.25) is 4.79 Å². The monoisotopic (exact) mass is 766 g/mol. The number of alkyl carbamates (subject to hydrolysis) is 1. The number of benzene rings is 6. The Morgan fingerprint density at radius 1 is 0.571 bits per heavy atom. The highest BCUT2D eigenvalue weighted by molar-refractivity contribution is 7.55. The van der Waals surface area contributed by atoms with Crippen LogP contribution in [0.25, 0.3) is 0 Å². The number of nitrogens with one attached hydrogen (secondary N) is 2. The normalized spacial score (nSPS) is 11.9. The molecule has 0 bridgehead atoms. The Hall–Kier alpha value is -6.11. The molecule has 6 aromatic carbocycles. The average molecular weight is 767 g/mol. The summed E-state index contributed by atoms with van der Waals surface area (Å²) in [5.74, 6) is -1.06. The summed E-state index contributed by atoms with van der Waals surface area (Å²) < 4.78 is 33.4. The number of amides is 2. The van der Waals surface area contributed by atoms with Crippen LogP contribution in [0.1, 0.15) is 60.1 Å². The van der Waals surface area contributed by atoms with Gasteiger partial charge in [0.1, 0.15) is 23.6 Å². The van der Waals surface area contributed by atoms with Crippen LogP contribution in [0.15, 0.2) is 170 Å². The molecule has 2 N–H and O–H groups in total. The molecule has 0 aliphatic heterocycles. The number of ether oxygens (including phenoxy) is 1. The topological polar surface area (TPSA) is 103 Å². The minimum absolute atomic E-state index is 0.0173. The number of rotatable bonds is 17. The minimum Gasteiger partial charge on any atom is -0.445 e. The number of aryl methyl sites for hydroxylation is 2. The molecular weight excluding hydrogens is 719 g/mol. The molecule has 0 spiro atoms. The van der Waals surface area contributed by atoms with E-state index in [4.69, 9.17) is 13.8 Å². The van der Waals surface area contributed by atoms with Gasteiger partial charge in [0.25, 0.3) is 0 Å². The van der Waals surface area contributed by atoms with Crippen molar-refractivity contribution in [3.8, 4) is 11.5 Å². The molecule has 1 atom stereocenters. The van der Waals surface area contributed by atoms with Gasteiger partial charge in [-0.25, -0.2) is 9.36 Å². The van der Waals surface area contributed by atoms with Crippen LogP contribution in [0.4, 0.5) is 4.79 Å². The molecule has 8 nitrogen and oxygen atoms in total. The van der Waals surface area contributed by atoms with E-state index >= 15 is 4.57 Å². The van der Waals surface area contributed by atoms with Crippen LogP contribution in [0.2, 0.25) is 0 Å². The van der Waals surface area contributed by atoms with E-state index in [0.717, 1.165) is 46.2 Å². The second-order valence-electron chi connectivity index (χ2n) is 13.4. The molecule has 0 aliphatic rings. The quantitative estimate of drug-likeness (QED) is 0.0708. The van der Waals surface area contributed by atoms with E-state index in [1.54, 1.807) is 24.3 Å². The molecular formula is C47H47N2O6P. The highest BCUT2D eigenvalue weighted by atomic mass is 31.2. The summed E-state index contributed by atoms with van der Waals surface area (Å²) in [5.41, 5.74) is 4.41. The Labute approximate surface area is 329 Å². The SMILES string of the molecule is CCc1ccc(OP(=O)(Oc2ccc(CC)cc2)C(CCC(=O)NC(c2ccccc2)(c2ccccc2)c2ccccc2)NC(=O)OCc2ccccc2)cc1. The Bertz CT molecular complexity index is 2030. The van der Waals surface area contributed by atoms with Crippen LogP contribution in [-0.4, -0.2) is 17.8 Å². The maximum absolute atomic E-state index is 15.3. The van der Waals surface area contributed by atoms with Crippen LogP contribution >= 0.6 is 7.60 Å². The second-order valence-corrected chi connectivity index (χ2v) is 15.4. The predicted octanol–water partition coefficient (Wildman–Crippen LogP) is 10.6. The summed E-state index contributed by atoms with van der Waals surface area (Å²) in [4.78, 5) is 27.9. The van der Waals surface area contributed by atoms with E-state index in [2.05, 4.69) is 10.6 Å². The van der Waals surface area contributed by atoms with Gasteiger partial charge in [0, 0.05) is 6.42 Å². The zero-order valence-electron chi connectivity index (χ0n) is 31.7. The van der Waals surface area contributed by atoms with Crippen LogP contribution in [0, 0.1) is 0 Å². The first-order valence-electron chi connectivity index (χ1n) is 18.9. The molecule has 286 valence electrons. The molecule has 6 aromatic rings. The standard InChI is InChI=1S/C47H47N2O6P/c1-3-36-25-29-42(30-26-36)54-56(52,55-43-31-27-37(4-2)28-32-43)45(48-46(51)53-35-38-17-9-5-10-18-38)34-33-44(50)49-47(39-19-11-6-12-20-39,40-21-13-7-14-22-40)41-23-15-8-16-24-41/h5-32,45H,3-4,33-35H2,1-2H3,(H,48,51)(H,49,50). The van der Waals surface area contributed by atoms with E-state index in [0.29, 0.717) is 11.5 Å². The summed E-state index contributed by atoms with van der Waals surface area (Å²) in [6, 6.07) is 53.0. The Kier molecular flexibility index (Phi) is 13.4. The van der Waals surface area contributed by atoms with Crippen molar-refractivity contribution in [1.82, 2.24) is 10.6 Å². The molecule has 6 rings (SSSR count). The van der Waals surface area contributed by atoms with Gasteiger partial charge in [-0.05, 0) is 76.9 Å². The van der Waals surface area contributed by atoms with Gasteiger partial charge < -0.3 is 24.4 Å². The third kappa shape index (κ3) is 9.95. The fraction of sp³-hybridized carbons (Fsp3) is 0.191. The van der Waals surface area contributed by atoms with Gasteiger partial charge in [0.2, 0.25) is 5.91 Å². The van der Waals surface area contributed by atoms with Crippen molar-refractivity contribution in [3.05, 3.63) is 203 Å². The summed E-state index contributed by atoms with van der Waals surface area (Å²) in [6.07, 6.45) is 0.514. The van der Waals surface area contributed by atoms with E-state index in [1.165, 1.54) is 0 Å². The average Bonchev–Trinajstić information content (AvgIpc) is 3.25. The lowest BCUT2D eigenvalue weighted by atomic mass is 9.77. The van der Waals surface area contributed by atoms with E-state index in [9.17, 15) is 9.59 Å². The maximum atomic E-state index is 15.3. The summed E-state index contributed by atoms with van der Waals surface area (Å²) in [6.45, 7) is 4.06.